The van der Waals surface area contributed by atoms with Crippen LogP contribution in [0.5, 0.6) is 0 Å². The smallest absolute Gasteiger partial charge is 0.221 e. The Morgan fingerprint density at radius 2 is 2.08 bits per heavy atom. The Balaban J connectivity index is 1.66. The average Bonchev–Trinajstić information content (AvgIpc) is 3.00. The second-order valence-corrected chi connectivity index (χ2v) is 8.80. The summed E-state index contributed by atoms with van der Waals surface area (Å²) >= 11 is 0. The second-order valence-electron chi connectivity index (χ2n) is 6.54. The number of ether oxygens (including phenoxy) is 1. The van der Waals surface area contributed by atoms with E-state index < -0.39 is 9.84 Å². The second kappa shape index (κ2) is 7.49. The van der Waals surface area contributed by atoms with E-state index in [9.17, 15) is 13.2 Å². The molecular weight excluding hydrogens is 340 g/mol. The SMILES string of the molecule is CS(=O)(=O)CCC(=O)N[C@H]1COC[C@H]1Cc1ccnc2ccccc12. The van der Waals surface area contributed by atoms with Gasteiger partial charge in [0, 0.05) is 30.2 Å². The van der Waals surface area contributed by atoms with Crippen LogP contribution in [0.15, 0.2) is 36.5 Å². The number of nitrogens with one attached hydrogen (secondary N) is 1. The van der Waals surface area contributed by atoms with E-state index in [0.29, 0.717) is 13.2 Å². The molecular formula is C18H22N2O4S. The van der Waals surface area contributed by atoms with Gasteiger partial charge in [-0.25, -0.2) is 8.42 Å². The lowest BCUT2D eigenvalue weighted by atomic mass is 9.93. The monoisotopic (exact) mass is 362 g/mol. The molecule has 1 N–H and O–H groups in total. The Morgan fingerprint density at radius 3 is 2.88 bits per heavy atom. The predicted molar refractivity (Wildman–Crippen MR) is 96.0 cm³/mol. The molecule has 1 fully saturated rings. The summed E-state index contributed by atoms with van der Waals surface area (Å²) < 4.78 is 27.9. The minimum absolute atomic E-state index is 0.0136. The molecule has 7 heteroatoms. The molecule has 1 aliphatic rings. The van der Waals surface area contributed by atoms with Gasteiger partial charge in [-0.15, -0.1) is 0 Å². The van der Waals surface area contributed by atoms with Crippen molar-refractivity contribution in [2.45, 2.75) is 18.9 Å². The number of carbonyl (C=O) groups is 1. The fraction of sp³-hybridized carbons (Fsp3) is 0.444. The van der Waals surface area contributed by atoms with Gasteiger partial charge in [-0.1, -0.05) is 18.2 Å². The maximum Gasteiger partial charge on any atom is 0.221 e. The highest BCUT2D eigenvalue weighted by Crippen LogP contribution is 2.24. The van der Waals surface area contributed by atoms with E-state index in [1.54, 1.807) is 6.20 Å². The fourth-order valence-electron chi connectivity index (χ4n) is 3.13. The number of para-hydroxylation sites is 1. The first-order valence-electron chi connectivity index (χ1n) is 8.30. The first kappa shape index (κ1) is 17.8. The van der Waals surface area contributed by atoms with Crippen molar-refractivity contribution >= 4 is 26.6 Å². The third-order valence-corrected chi connectivity index (χ3v) is 5.41. The highest BCUT2D eigenvalue weighted by Gasteiger charge is 2.30. The highest BCUT2D eigenvalue weighted by molar-refractivity contribution is 7.90. The molecule has 1 aromatic heterocycles. The van der Waals surface area contributed by atoms with Gasteiger partial charge in [-0.05, 0) is 24.1 Å². The quantitative estimate of drug-likeness (QED) is 0.838. The predicted octanol–water partition coefficient (Wildman–Crippen LogP) is 1.34. The van der Waals surface area contributed by atoms with E-state index >= 15 is 0 Å². The molecule has 0 spiro atoms. The number of nitrogens with zero attached hydrogens (tertiary/aromatic N) is 1. The van der Waals surface area contributed by atoms with Crippen LogP contribution in [0, 0.1) is 5.92 Å². The molecule has 0 radical (unpaired) electrons. The number of sulfone groups is 1. The topological polar surface area (TPSA) is 85.4 Å². The highest BCUT2D eigenvalue weighted by atomic mass is 32.2. The molecule has 134 valence electrons. The molecule has 2 heterocycles. The molecule has 0 aliphatic carbocycles. The van der Waals surface area contributed by atoms with Crippen molar-refractivity contribution in [1.82, 2.24) is 10.3 Å². The van der Waals surface area contributed by atoms with Gasteiger partial charge in [-0.2, -0.15) is 0 Å². The van der Waals surface area contributed by atoms with Gasteiger partial charge in [0.05, 0.1) is 30.5 Å². The minimum Gasteiger partial charge on any atom is -0.379 e. The number of hydrogen-bond acceptors (Lipinski definition) is 5. The van der Waals surface area contributed by atoms with Crippen LogP contribution in [0.4, 0.5) is 0 Å². The molecule has 0 saturated carbocycles. The van der Waals surface area contributed by atoms with Gasteiger partial charge in [0.15, 0.2) is 0 Å². The van der Waals surface area contributed by atoms with Gasteiger partial charge >= 0.3 is 0 Å². The molecule has 2 aromatic rings. The summed E-state index contributed by atoms with van der Waals surface area (Å²) in [5.74, 6) is -0.218. The van der Waals surface area contributed by atoms with Crippen molar-refractivity contribution in [1.29, 1.82) is 0 Å². The van der Waals surface area contributed by atoms with E-state index in [1.165, 1.54) is 5.56 Å². The number of amides is 1. The molecule has 1 saturated heterocycles. The standard InChI is InChI=1S/C18H22N2O4S/c1-25(22,23)9-7-18(21)20-17-12-24-11-14(17)10-13-6-8-19-16-5-3-2-4-15(13)16/h2-6,8,14,17H,7,9-12H2,1H3,(H,20,21)/t14-,17+/m1/s1. The van der Waals surface area contributed by atoms with Crippen LogP contribution in [0.2, 0.25) is 0 Å². The van der Waals surface area contributed by atoms with Gasteiger partial charge in [0.1, 0.15) is 9.84 Å². The summed E-state index contributed by atoms with van der Waals surface area (Å²) in [6, 6.07) is 9.88. The van der Waals surface area contributed by atoms with Crippen molar-refractivity contribution < 1.29 is 17.9 Å². The minimum atomic E-state index is -3.14. The molecule has 6 nitrogen and oxygen atoms in total. The molecule has 1 aliphatic heterocycles. The third-order valence-electron chi connectivity index (χ3n) is 4.47. The summed E-state index contributed by atoms with van der Waals surface area (Å²) in [7, 11) is -3.14. The van der Waals surface area contributed by atoms with Gasteiger partial charge in [-0.3, -0.25) is 9.78 Å². The van der Waals surface area contributed by atoms with Crippen LogP contribution in [-0.4, -0.2) is 50.6 Å². The van der Waals surface area contributed by atoms with E-state index in [4.69, 9.17) is 4.74 Å². The first-order chi connectivity index (χ1) is 11.9. The van der Waals surface area contributed by atoms with Crippen LogP contribution >= 0.6 is 0 Å². The lowest BCUT2D eigenvalue weighted by Crippen LogP contribution is -2.41. The van der Waals surface area contributed by atoms with Crippen molar-refractivity contribution in [3.8, 4) is 0 Å². The number of benzene rings is 1. The average molecular weight is 362 g/mol. The number of aromatic nitrogens is 1. The summed E-state index contributed by atoms with van der Waals surface area (Å²) in [4.78, 5) is 16.4. The van der Waals surface area contributed by atoms with Crippen molar-refractivity contribution in [3.05, 3.63) is 42.1 Å². The molecule has 1 amide bonds. The molecule has 3 rings (SSSR count). The fourth-order valence-corrected chi connectivity index (χ4v) is 3.69. The lowest BCUT2D eigenvalue weighted by molar-refractivity contribution is -0.121. The van der Waals surface area contributed by atoms with Gasteiger partial charge in [0.2, 0.25) is 5.91 Å². The van der Waals surface area contributed by atoms with E-state index in [2.05, 4.69) is 10.3 Å². The van der Waals surface area contributed by atoms with Crippen LogP contribution in [0.1, 0.15) is 12.0 Å². The van der Waals surface area contributed by atoms with Crippen molar-refractivity contribution in [2.75, 3.05) is 25.2 Å². The summed E-state index contributed by atoms with van der Waals surface area (Å²) in [6.07, 6.45) is 3.70. The Kier molecular flexibility index (Phi) is 5.34. The number of fused-ring (bicyclic) bond motifs is 1. The normalized spacial score (nSPS) is 20.7. The number of hydrogen-bond donors (Lipinski definition) is 1. The molecule has 0 unspecified atom stereocenters. The zero-order valence-corrected chi connectivity index (χ0v) is 15.0. The first-order valence-corrected chi connectivity index (χ1v) is 10.4. The maximum atomic E-state index is 12.0. The molecule has 0 bridgehead atoms. The van der Waals surface area contributed by atoms with E-state index in [1.807, 2.05) is 30.3 Å². The Bertz CT molecular complexity index is 861. The van der Waals surface area contributed by atoms with Crippen LogP contribution in [-0.2, 0) is 25.8 Å². The Morgan fingerprint density at radius 1 is 1.28 bits per heavy atom. The van der Waals surface area contributed by atoms with Crippen LogP contribution < -0.4 is 5.32 Å². The van der Waals surface area contributed by atoms with E-state index in [0.717, 1.165) is 23.6 Å². The van der Waals surface area contributed by atoms with Crippen molar-refractivity contribution in [2.24, 2.45) is 5.92 Å². The molecule has 25 heavy (non-hydrogen) atoms. The maximum absolute atomic E-state index is 12.0. The van der Waals surface area contributed by atoms with Gasteiger partial charge < -0.3 is 10.1 Å². The van der Waals surface area contributed by atoms with E-state index in [-0.39, 0.29) is 30.0 Å². The number of rotatable bonds is 6. The zero-order valence-electron chi connectivity index (χ0n) is 14.1. The third kappa shape index (κ3) is 4.76. The Hall–Kier alpha value is -1.99. The summed E-state index contributed by atoms with van der Waals surface area (Å²) in [6.45, 7) is 1.03. The largest absolute Gasteiger partial charge is 0.379 e. The molecule has 1 aromatic carbocycles. The summed E-state index contributed by atoms with van der Waals surface area (Å²) in [5.41, 5.74) is 2.13. The number of carbonyl (C=O) groups excluding carboxylic acids is 1. The van der Waals surface area contributed by atoms with Crippen LogP contribution in [0.3, 0.4) is 0 Å². The summed E-state index contributed by atoms with van der Waals surface area (Å²) in [5, 5.41) is 4.04. The lowest BCUT2D eigenvalue weighted by Gasteiger charge is -2.19. The Labute approximate surface area is 147 Å². The van der Waals surface area contributed by atoms with Crippen LogP contribution in [0.25, 0.3) is 10.9 Å². The zero-order chi connectivity index (χ0) is 17.9. The number of pyridine rings is 1. The molecule has 2 atom stereocenters. The van der Waals surface area contributed by atoms with Crippen molar-refractivity contribution in [3.63, 3.8) is 0 Å². The van der Waals surface area contributed by atoms with Gasteiger partial charge in [0.25, 0.3) is 0 Å².